The Morgan fingerprint density at radius 2 is 2.16 bits per heavy atom. The summed E-state index contributed by atoms with van der Waals surface area (Å²) in [6.45, 7) is 0.178. The van der Waals surface area contributed by atoms with E-state index in [1.54, 1.807) is 6.21 Å². The van der Waals surface area contributed by atoms with E-state index >= 15 is 0 Å². The van der Waals surface area contributed by atoms with Crippen LogP contribution in [0.5, 0.6) is 0 Å². The van der Waals surface area contributed by atoms with Gasteiger partial charge in [-0.05, 0) is 11.6 Å². The fourth-order valence-electron chi connectivity index (χ4n) is 1.85. The fraction of sp³-hybridized carbons (Fsp3) is 0.143. The van der Waals surface area contributed by atoms with Gasteiger partial charge in [0.25, 0.3) is 0 Å². The predicted octanol–water partition coefficient (Wildman–Crippen LogP) is 1.02. The Morgan fingerprint density at radius 1 is 1.32 bits per heavy atom. The van der Waals surface area contributed by atoms with Gasteiger partial charge < -0.3 is 15.4 Å². The molecule has 1 aromatic carbocycles. The van der Waals surface area contributed by atoms with Gasteiger partial charge >= 0.3 is 5.97 Å². The number of hydrogen-bond donors (Lipinski definition) is 2. The molecule has 0 bridgehead atoms. The van der Waals surface area contributed by atoms with Crippen molar-refractivity contribution in [1.82, 2.24) is 10.6 Å². The number of aliphatic imine (C=N–C) groups is 1. The van der Waals surface area contributed by atoms with E-state index in [1.165, 1.54) is 0 Å². The topological polar surface area (TPSA) is 62.7 Å². The Bertz CT molecular complexity index is 576. The maximum atomic E-state index is 11.2. The summed E-state index contributed by atoms with van der Waals surface area (Å²) < 4.78 is 5.11. The van der Waals surface area contributed by atoms with Gasteiger partial charge in [0.2, 0.25) is 5.88 Å². The van der Waals surface area contributed by atoms with Crippen molar-refractivity contribution in [3.05, 3.63) is 53.6 Å². The van der Waals surface area contributed by atoms with Gasteiger partial charge in [-0.1, -0.05) is 36.4 Å². The second-order valence-corrected chi connectivity index (χ2v) is 4.21. The van der Waals surface area contributed by atoms with Crippen LogP contribution in [-0.4, -0.2) is 24.9 Å². The lowest BCUT2D eigenvalue weighted by Gasteiger charge is -2.25. The average Bonchev–Trinajstić information content (AvgIpc) is 2.46. The molecule has 0 saturated heterocycles. The number of esters is 1. The third-order valence-electron chi connectivity index (χ3n) is 2.80. The lowest BCUT2D eigenvalue weighted by molar-refractivity contribution is -0.140. The van der Waals surface area contributed by atoms with E-state index in [0.717, 1.165) is 5.56 Å². The summed E-state index contributed by atoms with van der Waals surface area (Å²) >= 11 is 0. The third kappa shape index (κ3) is 2.65. The van der Waals surface area contributed by atoms with Crippen molar-refractivity contribution >= 4 is 18.3 Å². The maximum absolute atomic E-state index is 11.2. The number of nitrogens with zero attached hydrogens (tertiary/aromatic N) is 1. The highest BCUT2D eigenvalue weighted by atomic mass is 16.6. The van der Waals surface area contributed by atoms with E-state index in [9.17, 15) is 4.79 Å². The second kappa shape index (κ2) is 4.97. The molecule has 5 heteroatoms. The summed E-state index contributed by atoms with van der Waals surface area (Å²) in [6, 6.07) is 9.94. The Balaban J connectivity index is 1.70. The zero-order chi connectivity index (χ0) is 13.1. The van der Waals surface area contributed by atoms with Gasteiger partial charge in [0.15, 0.2) is 0 Å². The number of allylic oxidation sites excluding steroid dienone is 1. The van der Waals surface area contributed by atoms with Crippen LogP contribution in [0.4, 0.5) is 0 Å². The van der Waals surface area contributed by atoms with E-state index in [0.29, 0.717) is 11.6 Å². The van der Waals surface area contributed by atoms with Crippen molar-refractivity contribution in [3.63, 3.8) is 0 Å². The predicted molar refractivity (Wildman–Crippen MR) is 72.0 cm³/mol. The molecule has 3 rings (SSSR count). The first-order valence-electron chi connectivity index (χ1n) is 6.03. The van der Waals surface area contributed by atoms with Crippen molar-refractivity contribution < 1.29 is 9.53 Å². The minimum Gasteiger partial charge on any atom is -0.406 e. The second-order valence-electron chi connectivity index (χ2n) is 4.21. The van der Waals surface area contributed by atoms with E-state index in [-0.39, 0.29) is 18.7 Å². The van der Waals surface area contributed by atoms with Crippen molar-refractivity contribution in [2.24, 2.45) is 4.99 Å². The average molecular weight is 255 g/mol. The molecule has 1 aromatic rings. The maximum Gasteiger partial charge on any atom is 0.332 e. The Morgan fingerprint density at radius 3 is 3.00 bits per heavy atom. The van der Waals surface area contributed by atoms with Gasteiger partial charge in [0, 0.05) is 0 Å². The van der Waals surface area contributed by atoms with Gasteiger partial charge in [0.05, 0.1) is 6.21 Å². The van der Waals surface area contributed by atoms with Crippen LogP contribution in [0.1, 0.15) is 5.56 Å². The Hall–Kier alpha value is -2.56. The SMILES string of the molecule is O=C1CNC2=C(NC(/C=C/c3ccccc3)N=C2)O1. The molecule has 5 nitrogen and oxygen atoms in total. The molecular formula is C14H13N3O2. The Kier molecular flexibility index (Phi) is 3.02. The van der Waals surface area contributed by atoms with Crippen molar-refractivity contribution in [2.75, 3.05) is 6.54 Å². The van der Waals surface area contributed by atoms with Crippen LogP contribution in [0, 0.1) is 0 Å². The monoisotopic (exact) mass is 255 g/mol. The highest BCUT2D eigenvalue weighted by molar-refractivity contribution is 5.85. The zero-order valence-corrected chi connectivity index (χ0v) is 10.2. The molecule has 0 radical (unpaired) electrons. The normalized spacial score (nSPS) is 21.7. The lowest BCUT2D eigenvalue weighted by atomic mass is 10.2. The summed E-state index contributed by atoms with van der Waals surface area (Å²) in [5.41, 5.74) is 1.81. The number of carbonyl (C=O) groups excluding carboxylic acids is 1. The minimum atomic E-state index is -0.299. The fourth-order valence-corrected chi connectivity index (χ4v) is 1.85. The van der Waals surface area contributed by atoms with E-state index in [2.05, 4.69) is 15.6 Å². The van der Waals surface area contributed by atoms with Crippen molar-refractivity contribution in [2.45, 2.75) is 6.17 Å². The molecule has 0 aromatic heterocycles. The number of ether oxygens (including phenoxy) is 1. The van der Waals surface area contributed by atoms with Gasteiger partial charge in [-0.2, -0.15) is 0 Å². The lowest BCUT2D eigenvalue weighted by Crippen LogP contribution is -2.41. The molecular weight excluding hydrogens is 242 g/mol. The summed E-state index contributed by atoms with van der Waals surface area (Å²) in [5, 5.41) is 5.98. The highest BCUT2D eigenvalue weighted by Gasteiger charge is 2.23. The van der Waals surface area contributed by atoms with Crippen molar-refractivity contribution in [1.29, 1.82) is 0 Å². The van der Waals surface area contributed by atoms with Gasteiger partial charge in [0.1, 0.15) is 18.4 Å². The quantitative estimate of drug-likeness (QED) is 0.774. The van der Waals surface area contributed by atoms with Crippen molar-refractivity contribution in [3.8, 4) is 0 Å². The molecule has 96 valence electrons. The smallest absolute Gasteiger partial charge is 0.332 e. The zero-order valence-electron chi connectivity index (χ0n) is 10.2. The number of rotatable bonds is 2. The molecule has 0 spiro atoms. The van der Waals surface area contributed by atoms with Gasteiger partial charge in [-0.25, -0.2) is 4.79 Å². The Labute approximate surface area is 110 Å². The van der Waals surface area contributed by atoms with Crippen LogP contribution in [0.2, 0.25) is 0 Å². The number of nitrogens with one attached hydrogen (secondary N) is 2. The largest absolute Gasteiger partial charge is 0.406 e. The van der Waals surface area contributed by atoms with Crippen LogP contribution in [-0.2, 0) is 9.53 Å². The van der Waals surface area contributed by atoms with Gasteiger partial charge in [-0.3, -0.25) is 4.99 Å². The van der Waals surface area contributed by atoms with Crippen LogP contribution in [0.15, 0.2) is 53.0 Å². The third-order valence-corrected chi connectivity index (χ3v) is 2.80. The molecule has 0 amide bonds. The van der Waals surface area contributed by atoms with Crippen LogP contribution < -0.4 is 10.6 Å². The number of hydrogen-bond acceptors (Lipinski definition) is 5. The summed E-state index contributed by atoms with van der Waals surface area (Å²) in [6.07, 6.45) is 5.33. The van der Waals surface area contributed by atoms with Crippen LogP contribution >= 0.6 is 0 Å². The number of benzene rings is 1. The molecule has 19 heavy (non-hydrogen) atoms. The molecule has 1 unspecified atom stereocenters. The number of carbonyl (C=O) groups is 1. The molecule has 0 saturated carbocycles. The summed E-state index contributed by atoms with van der Waals surface area (Å²) in [5.74, 6) is 0.140. The summed E-state index contributed by atoms with van der Waals surface area (Å²) in [7, 11) is 0. The first-order chi connectivity index (χ1) is 9.31. The van der Waals surface area contributed by atoms with E-state index < -0.39 is 0 Å². The molecule has 2 heterocycles. The van der Waals surface area contributed by atoms with Crippen LogP contribution in [0.3, 0.4) is 0 Å². The highest BCUT2D eigenvalue weighted by Crippen LogP contribution is 2.12. The molecule has 2 N–H and O–H groups in total. The van der Waals surface area contributed by atoms with E-state index in [4.69, 9.17) is 4.74 Å². The molecule has 0 aliphatic carbocycles. The van der Waals surface area contributed by atoms with Crippen LogP contribution in [0.25, 0.3) is 6.08 Å². The first-order valence-corrected chi connectivity index (χ1v) is 6.03. The van der Waals surface area contributed by atoms with E-state index in [1.807, 2.05) is 42.5 Å². The standard InChI is InChI=1S/C14H13N3O2/c18-13-9-15-11-8-16-12(17-14(11)19-13)7-6-10-4-2-1-3-5-10/h1-8,12,15,17H,9H2/b7-6+. The summed E-state index contributed by atoms with van der Waals surface area (Å²) in [4.78, 5) is 15.5. The minimum absolute atomic E-state index is 0.178. The first kappa shape index (κ1) is 11.5. The molecule has 2 aliphatic heterocycles. The molecule has 1 atom stereocenters. The molecule has 2 aliphatic rings. The molecule has 0 fully saturated rings. The van der Waals surface area contributed by atoms with Gasteiger partial charge in [-0.15, -0.1) is 0 Å².